The van der Waals surface area contributed by atoms with E-state index >= 15 is 0 Å². The van der Waals surface area contributed by atoms with E-state index in [1.807, 2.05) is 61.5 Å². The fourth-order valence-corrected chi connectivity index (χ4v) is 3.78. The second-order valence-electron chi connectivity index (χ2n) is 8.35. The van der Waals surface area contributed by atoms with Crippen LogP contribution in [0.3, 0.4) is 0 Å². The first kappa shape index (κ1) is 24.2. The van der Waals surface area contributed by atoms with Crippen molar-refractivity contribution in [1.29, 1.82) is 0 Å². The molecule has 0 spiro atoms. The highest BCUT2D eigenvalue weighted by Crippen LogP contribution is 2.18. The van der Waals surface area contributed by atoms with Crippen molar-refractivity contribution in [3.63, 3.8) is 0 Å². The number of benzene rings is 3. The summed E-state index contributed by atoms with van der Waals surface area (Å²) in [5.74, 6) is 0.644. The summed E-state index contributed by atoms with van der Waals surface area (Å²) < 4.78 is 24.3. The van der Waals surface area contributed by atoms with Crippen LogP contribution in [-0.4, -0.2) is 22.9 Å². The quantitative estimate of drug-likeness (QED) is 0.329. The molecule has 7 heteroatoms. The molecule has 1 aromatic heterocycles. The van der Waals surface area contributed by atoms with Crippen molar-refractivity contribution in [3.05, 3.63) is 119 Å². The van der Waals surface area contributed by atoms with Crippen molar-refractivity contribution in [2.75, 3.05) is 7.11 Å². The number of methoxy groups -OCH3 is 1. The molecule has 0 saturated carbocycles. The first-order chi connectivity index (χ1) is 17.0. The maximum absolute atomic E-state index is 13.4. The zero-order valence-corrected chi connectivity index (χ0v) is 19.8. The SMILES string of the molecule is COc1ccc(CN(Cc2ccc(F)cc2)Cc2nc(C(=O)NC(C)c3ccccc3)co2)cc1. The van der Waals surface area contributed by atoms with Gasteiger partial charge >= 0.3 is 0 Å². The first-order valence-corrected chi connectivity index (χ1v) is 11.4. The molecule has 1 N–H and O–H groups in total. The predicted octanol–water partition coefficient (Wildman–Crippen LogP) is 5.52. The molecule has 180 valence electrons. The van der Waals surface area contributed by atoms with Crippen LogP contribution in [0.4, 0.5) is 4.39 Å². The molecule has 1 atom stereocenters. The van der Waals surface area contributed by atoms with E-state index in [1.54, 1.807) is 19.2 Å². The molecule has 4 rings (SSSR count). The fraction of sp³-hybridized carbons (Fsp3) is 0.214. The lowest BCUT2D eigenvalue weighted by molar-refractivity contribution is 0.0934. The molecular weight excluding hydrogens is 445 g/mol. The van der Waals surface area contributed by atoms with Crippen LogP contribution in [0.25, 0.3) is 0 Å². The number of carbonyl (C=O) groups excluding carboxylic acids is 1. The third-order valence-electron chi connectivity index (χ3n) is 5.68. The van der Waals surface area contributed by atoms with Gasteiger partial charge in [-0.1, -0.05) is 54.6 Å². The van der Waals surface area contributed by atoms with Gasteiger partial charge in [-0.15, -0.1) is 0 Å². The van der Waals surface area contributed by atoms with Gasteiger partial charge in [-0.2, -0.15) is 0 Å². The molecule has 3 aromatic carbocycles. The lowest BCUT2D eigenvalue weighted by atomic mass is 10.1. The summed E-state index contributed by atoms with van der Waals surface area (Å²) in [4.78, 5) is 19.2. The van der Waals surface area contributed by atoms with Gasteiger partial charge in [0.15, 0.2) is 5.69 Å². The number of hydrogen-bond acceptors (Lipinski definition) is 5. The molecule has 0 aliphatic carbocycles. The highest BCUT2D eigenvalue weighted by molar-refractivity contribution is 5.92. The van der Waals surface area contributed by atoms with Crippen molar-refractivity contribution in [2.45, 2.75) is 32.6 Å². The van der Waals surface area contributed by atoms with Crippen molar-refractivity contribution in [2.24, 2.45) is 0 Å². The molecule has 6 nitrogen and oxygen atoms in total. The summed E-state index contributed by atoms with van der Waals surface area (Å²) in [6.07, 6.45) is 1.38. The van der Waals surface area contributed by atoms with Gasteiger partial charge in [-0.05, 0) is 47.9 Å². The number of nitrogens with zero attached hydrogens (tertiary/aromatic N) is 2. The van der Waals surface area contributed by atoms with Crippen LogP contribution in [0.1, 0.15) is 46.0 Å². The number of carbonyl (C=O) groups is 1. The van der Waals surface area contributed by atoms with Crippen LogP contribution >= 0.6 is 0 Å². The molecular formula is C28H28FN3O3. The average Bonchev–Trinajstić information content (AvgIpc) is 3.35. The second kappa shape index (κ2) is 11.4. The van der Waals surface area contributed by atoms with E-state index in [4.69, 9.17) is 9.15 Å². The number of ether oxygens (including phenoxy) is 1. The van der Waals surface area contributed by atoms with Crippen LogP contribution in [0.15, 0.2) is 89.5 Å². The zero-order valence-electron chi connectivity index (χ0n) is 19.8. The summed E-state index contributed by atoms with van der Waals surface area (Å²) in [5.41, 5.74) is 3.28. The number of nitrogens with one attached hydrogen (secondary N) is 1. The molecule has 0 radical (unpaired) electrons. The third-order valence-corrected chi connectivity index (χ3v) is 5.68. The predicted molar refractivity (Wildman–Crippen MR) is 131 cm³/mol. The molecule has 4 aromatic rings. The minimum absolute atomic E-state index is 0.158. The van der Waals surface area contributed by atoms with Gasteiger partial charge in [0, 0.05) is 13.1 Å². The molecule has 0 bridgehead atoms. The molecule has 1 unspecified atom stereocenters. The normalized spacial score (nSPS) is 11.9. The van der Waals surface area contributed by atoms with Gasteiger partial charge in [-0.3, -0.25) is 9.69 Å². The molecule has 0 fully saturated rings. The van der Waals surface area contributed by atoms with E-state index in [-0.39, 0.29) is 23.5 Å². The Balaban J connectivity index is 1.45. The summed E-state index contributed by atoms with van der Waals surface area (Å²) in [5, 5.41) is 2.95. The van der Waals surface area contributed by atoms with Crippen molar-refractivity contribution in [3.8, 4) is 5.75 Å². The first-order valence-electron chi connectivity index (χ1n) is 11.4. The van der Waals surface area contributed by atoms with Crippen LogP contribution in [-0.2, 0) is 19.6 Å². The smallest absolute Gasteiger partial charge is 0.273 e. The molecule has 1 heterocycles. The molecule has 0 aliphatic heterocycles. The van der Waals surface area contributed by atoms with Crippen LogP contribution in [0.2, 0.25) is 0 Å². The Hall–Kier alpha value is -3.97. The van der Waals surface area contributed by atoms with Crippen molar-refractivity contribution >= 4 is 5.91 Å². The lowest BCUT2D eigenvalue weighted by Gasteiger charge is -2.21. The minimum atomic E-state index is -0.295. The Labute approximate surface area is 204 Å². The maximum Gasteiger partial charge on any atom is 0.273 e. The number of rotatable bonds is 10. The summed E-state index contributed by atoms with van der Waals surface area (Å²) >= 11 is 0. The van der Waals surface area contributed by atoms with Gasteiger partial charge in [0.2, 0.25) is 5.89 Å². The largest absolute Gasteiger partial charge is 0.497 e. The Morgan fingerprint density at radius 3 is 2.23 bits per heavy atom. The highest BCUT2D eigenvalue weighted by Gasteiger charge is 2.18. The van der Waals surface area contributed by atoms with E-state index in [0.29, 0.717) is 25.5 Å². The topological polar surface area (TPSA) is 67.6 Å². The van der Waals surface area contributed by atoms with Crippen LogP contribution in [0.5, 0.6) is 5.75 Å². The molecule has 35 heavy (non-hydrogen) atoms. The minimum Gasteiger partial charge on any atom is -0.497 e. The van der Waals surface area contributed by atoms with Crippen LogP contribution < -0.4 is 10.1 Å². The third kappa shape index (κ3) is 6.77. The Kier molecular flexibility index (Phi) is 7.90. The maximum atomic E-state index is 13.4. The van der Waals surface area contributed by atoms with Gasteiger partial charge in [0.25, 0.3) is 5.91 Å². The molecule has 1 amide bonds. The summed E-state index contributed by atoms with van der Waals surface area (Å²) in [7, 11) is 1.63. The average molecular weight is 474 g/mol. The second-order valence-corrected chi connectivity index (χ2v) is 8.35. The Morgan fingerprint density at radius 2 is 1.60 bits per heavy atom. The Bertz CT molecular complexity index is 1220. The van der Waals surface area contributed by atoms with Gasteiger partial charge in [0.1, 0.15) is 17.8 Å². The number of oxazole rings is 1. The van der Waals surface area contributed by atoms with Gasteiger partial charge in [-0.25, -0.2) is 9.37 Å². The molecule has 0 saturated heterocycles. The van der Waals surface area contributed by atoms with Crippen LogP contribution in [0, 0.1) is 5.82 Å². The van der Waals surface area contributed by atoms with Gasteiger partial charge in [0.05, 0.1) is 19.7 Å². The van der Waals surface area contributed by atoms with E-state index in [2.05, 4.69) is 15.2 Å². The lowest BCUT2D eigenvalue weighted by Crippen LogP contribution is -2.27. The highest BCUT2D eigenvalue weighted by atomic mass is 19.1. The van der Waals surface area contributed by atoms with E-state index in [1.165, 1.54) is 18.4 Å². The Morgan fingerprint density at radius 1 is 0.971 bits per heavy atom. The van der Waals surface area contributed by atoms with E-state index in [0.717, 1.165) is 22.4 Å². The summed E-state index contributed by atoms with van der Waals surface area (Å²) in [6, 6.07) is 23.8. The molecule has 0 aliphatic rings. The number of hydrogen-bond donors (Lipinski definition) is 1. The van der Waals surface area contributed by atoms with Crippen molar-refractivity contribution < 1.29 is 18.3 Å². The summed E-state index contributed by atoms with van der Waals surface area (Å²) in [6.45, 7) is 3.47. The fourth-order valence-electron chi connectivity index (χ4n) is 3.78. The number of amides is 1. The van der Waals surface area contributed by atoms with E-state index in [9.17, 15) is 9.18 Å². The van der Waals surface area contributed by atoms with E-state index < -0.39 is 0 Å². The number of aromatic nitrogens is 1. The monoisotopic (exact) mass is 473 g/mol. The van der Waals surface area contributed by atoms with Gasteiger partial charge < -0.3 is 14.5 Å². The number of halogens is 1. The standard InChI is InChI=1S/C28H28FN3O3/c1-20(23-6-4-3-5-7-23)30-28(33)26-19-35-27(31-26)18-32(16-21-8-12-24(29)13-9-21)17-22-10-14-25(34-2)15-11-22/h3-15,19-20H,16-18H2,1-2H3,(H,30,33). The van der Waals surface area contributed by atoms with Crippen molar-refractivity contribution in [1.82, 2.24) is 15.2 Å². The zero-order chi connectivity index (χ0) is 24.6.